The Morgan fingerprint density at radius 2 is 1.97 bits per heavy atom. The first-order chi connectivity index (χ1) is 13.9. The molecule has 3 N–H and O–H groups in total. The summed E-state index contributed by atoms with van der Waals surface area (Å²) in [7, 11) is 0. The highest BCUT2D eigenvalue weighted by Crippen LogP contribution is 2.38. The van der Waals surface area contributed by atoms with Crippen LogP contribution in [0.25, 0.3) is 5.57 Å². The van der Waals surface area contributed by atoms with Gasteiger partial charge in [0, 0.05) is 34.3 Å². The van der Waals surface area contributed by atoms with Crippen LogP contribution in [0.15, 0.2) is 41.2 Å². The number of pyridine rings is 1. The minimum atomic E-state index is -0.955. The largest absolute Gasteiger partial charge is 0.481 e. The molecule has 1 aliphatic carbocycles. The van der Waals surface area contributed by atoms with Crippen LogP contribution in [0.5, 0.6) is 0 Å². The first kappa shape index (κ1) is 19.5. The lowest BCUT2D eigenvalue weighted by atomic mass is 9.97. The topological polar surface area (TPSA) is 99.3 Å². The van der Waals surface area contributed by atoms with E-state index in [1.54, 1.807) is 18.2 Å². The second-order valence-electron chi connectivity index (χ2n) is 7.60. The minimum Gasteiger partial charge on any atom is -0.481 e. The van der Waals surface area contributed by atoms with E-state index in [0.29, 0.717) is 35.0 Å². The van der Waals surface area contributed by atoms with Gasteiger partial charge in [-0.25, -0.2) is 0 Å². The number of aromatic nitrogens is 1. The van der Waals surface area contributed by atoms with E-state index < -0.39 is 5.97 Å². The van der Waals surface area contributed by atoms with Crippen LogP contribution in [0.2, 0.25) is 5.02 Å². The van der Waals surface area contributed by atoms with Gasteiger partial charge in [-0.05, 0) is 48.4 Å². The summed E-state index contributed by atoms with van der Waals surface area (Å²) < 4.78 is 0. The fraction of sp³-hybridized carbons (Fsp3) is 0.318. The lowest BCUT2D eigenvalue weighted by Crippen LogP contribution is -2.23. The van der Waals surface area contributed by atoms with E-state index in [1.165, 1.54) is 0 Å². The van der Waals surface area contributed by atoms with Gasteiger partial charge in [-0.2, -0.15) is 0 Å². The van der Waals surface area contributed by atoms with E-state index in [0.717, 1.165) is 29.5 Å². The number of nitrogens with one attached hydrogen (secondary N) is 2. The van der Waals surface area contributed by atoms with Crippen LogP contribution in [0.4, 0.5) is 0 Å². The quantitative estimate of drug-likeness (QED) is 0.678. The number of H-pyrrole nitrogens is 1. The molecule has 1 saturated carbocycles. The van der Waals surface area contributed by atoms with Crippen molar-refractivity contribution in [3.8, 4) is 0 Å². The molecule has 2 aliphatic rings. The molecule has 1 aromatic carbocycles. The van der Waals surface area contributed by atoms with Crippen molar-refractivity contribution in [2.45, 2.75) is 44.1 Å². The first-order valence-corrected chi connectivity index (χ1v) is 10.0. The first-order valence-electron chi connectivity index (χ1n) is 9.66. The maximum atomic E-state index is 12.5. The van der Waals surface area contributed by atoms with Crippen molar-refractivity contribution >= 4 is 29.1 Å². The van der Waals surface area contributed by atoms with Crippen LogP contribution in [-0.4, -0.2) is 28.0 Å². The Hall–Kier alpha value is -2.86. The summed E-state index contributed by atoms with van der Waals surface area (Å²) in [6, 6.07) is 8.80. The molecule has 1 aromatic heterocycles. The maximum absolute atomic E-state index is 12.5. The van der Waals surface area contributed by atoms with E-state index in [1.807, 2.05) is 18.2 Å². The number of carbonyl (C=O) groups excluding carboxylic acids is 1. The molecule has 2 fully saturated rings. The highest BCUT2D eigenvalue weighted by atomic mass is 35.5. The number of rotatable bonds is 6. The van der Waals surface area contributed by atoms with Gasteiger partial charge in [0.1, 0.15) is 0 Å². The molecule has 0 spiro atoms. The zero-order valence-corrected chi connectivity index (χ0v) is 16.5. The van der Waals surface area contributed by atoms with Gasteiger partial charge in [0.15, 0.2) is 0 Å². The fourth-order valence-corrected chi connectivity index (χ4v) is 3.93. The van der Waals surface area contributed by atoms with Crippen molar-refractivity contribution in [2.24, 2.45) is 0 Å². The summed E-state index contributed by atoms with van der Waals surface area (Å²) >= 11 is 6.32. The molecule has 2 heterocycles. The van der Waals surface area contributed by atoms with Crippen LogP contribution >= 0.6 is 11.6 Å². The number of aromatic amines is 1. The van der Waals surface area contributed by atoms with Crippen molar-refractivity contribution < 1.29 is 14.7 Å². The predicted octanol–water partition coefficient (Wildman–Crippen LogP) is 3.24. The second-order valence-corrected chi connectivity index (χ2v) is 8.01. The van der Waals surface area contributed by atoms with Gasteiger partial charge in [0.25, 0.3) is 5.56 Å². The summed E-state index contributed by atoms with van der Waals surface area (Å²) in [5, 5.41) is 12.3. The van der Waals surface area contributed by atoms with Gasteiger partial charge in [-0.1, -0.05) is 35.9 Å². The SMILES string of the molecule is O=C(O)Cc1ccc(/C(=C\[C@H]2CCC(=O)N2)c2ccc(C3CC3)c(=O)[nH]2)cc1Cl. The molecule has 0 unspecified atom stereocenters. The highest BCUT2D eigenvalue weighted by molar-refractivity contribution is 6.31. The molecular formula is C22H21ClN2O4. The number of benzene rings is 1. The van der Waals surface area contributed by atoms with Gasteiger partial charge in [-0.3, -0.25) is 14.4 Å². The third-order valence-corrected chi connectivity index (χ3v) is 5.70. The molecule has 0 radical (unpaired) electrons. The molecule has 7 heteroatoms. The Balaban J connectivity index is 1.75. The Kier molecular flexibility index (Phi) is 5.28. The Bertz CT molecular complexity index is 1070. The fourth-order valence-electron chi connectivity index (χ4n) is 3.68. The molecule has 1 aliphatic heterocycles. The molecule has 0 bridgehead atoms. The molecule has 150 valence electrons. The highest BCUT2D eigenvalue weighted by Gasteiger charge is 2.27. The molecule has 4 rings (SSSR count). The summed E-state index contributed by atoms with van der Waals surface area (Å²) in [4.78, 5) is 38.1. The standard InChI is InChI=1S/C22H21ClN2O4/c23-18-9-13(3-4-14(18)10-21(27)28)17(11-15-5-8-20(26)24-15)19-7-6-16(12-1-2-12)22(29)25-19/h3-4,6-7,9,11-12,15H,1-2,5,8,10H2,(H,24,26)(H,25,29)(H,27,28)/b17-11+/t15-/m1/s1. The lowest BCUT2D eigenvalue weighted by Gasteiger charge is -2.14. The number of hydrogen-bond acceptors (Lipinski definition) is 3. The summed E-state index contributed by atoms with van der Waals surface area (Å²) in [6.45, 7) is 0. The van der Waals surface area contributed by atoms with E-state index in [9.17, 15) is 14.4 Å². The maximum Gasteiger partial charge on any atom is 0.307 e. The Labute approximate surface area is 172 Å². The molecule has 1 saturated heterocycles. The zero-order chi connectivity index (χ0) is 20.5. The van der Waals surface area contributed by atoms with E-state index in [4.69, 9.17) is 16.7 Å². The number of hydrogen-bond donors (Lipinski definition) is 3. The van der Waals surface area contributed by atoms with Crippen LogP contribution in [0, 0.1) is 0 Å². The molecule has 1 atom stereocenters. The number of carbonyl (C=O) groups is 2. The minimum absolute atomic E-state index is 0.00184. The summed E-state index contributed by atoms with van der Waals surface area (Å²) in [5.41, 5.74) is 3.37. The zero-order valence-electron chi connectivity index (χ0n) is 15.7. The number of aliphatic carboxylic acids is 1. The van der Waals surface area contributed by atoms with Gasteiger partial charge in [-0.15, -0.1) is 0 Å². The number of carboxylic acids is 1. The number of halogens is 1. The van der Waals surface area contributed by atoms with Gasteiger partial charge in [0.05, 0.1) is 6.42 Å². The number of carboxylic acid groups (broad SMARTS) is 1. The van der Waals surface area contributed by atoms with E-state index in [2.05, 4.69) is 10.3 Å². The molecule has 2 aromatic rings. The number of amides is 1. The summed E-state index contributed by atoms with van der Waals surface area (Å²) in [5.74, 6) is -0.610. The lowest BCUT2D eigenvalue weighted by molar-refractivity contribution is -0.136. The predicted molar refractivity (Wildman–Crippen MR) is 110 cm³/mol. The van der Waals surface area contributed by atoms with E-state index >= 15 is 0 Å². The van der Waals surface area contributed by atoms with Crippen LogP contribution in [0.3, 0.4) is 0 Å². The van der Waals surface area contributed by atoms with Gasteiger partial charge < -0.3 is 15.4 Å². The third kappa shape index (κ3) is 4.43. The monoisotopic (exact) mass is 412 g/mol. The van der Waals surface area contributed by atoms with Crippen LogP contribution in [-0.2, 0) is 16.0 Å². The Morgan fingerprint density at radius 3 is 2.55 bits per heavy atom. The normalized spacial score (nSPS) is 19.3. The van der Waals surface area contributed by atoms with Crippen molar-refractivity contribution in [3.63, 3.8) is 0 Å². The molecular weight excluding hydrogens is 392 g/mol. The molecule has 6 nitrogen and oxygen atoms in total. The molecule has 1 amide bonds. The Morgan fingerprint density at radius 1 is 1.17 bits per heavy atom. The van der Waals surface area contributed by atoms with Crippen LogP contribution in [0.1, 0.15) is 54.0 Å². The van der Waals surface area contributed by atoms with Crippen molar-refractivity contribution in [1.82, 2.24) is 10.3 Å². The van der Waals surface area contributed by atoms with Gasteiger partial charge >= 0.3 is 5.97 Å². The average molecular weight is 413 g/mol. The third-order valence-electron chi connectivity index (χ3n) is 5.35. The summed E-state index contributed by atoms with van der Waals surface area (Å²) in [6.07, 6.45) is 4.99. The average Bonchev–Trinajstić information content (AvgIpc) is 3.42. The molecule has 29 heavy (non-hydrogen) atoms. The second kappa shape index (κ2) is 7.87. The van der Waals surface area contributed by atoms with Crippen molar-refractivity contribution in [1.29, 1.82) is 0 Å². The van der Waals surface area contributed by atoms with Crippen LogP contribution < -0.4 is 10.9 Å². The van der Waals surface area contributed by atoms with Crippen molar-refractivity contribution in [3.05, 3.63) is 74.2 Å². The van der Waals surface area contributed by atoms with Gasteiger partial charge in [0.2, 0.25) is 5.91 Å². The smallest absolute Gasteiger partial charge is 0.307 e. The van der Waals surface area contributed by atoms with Crippen molar-refractivity contribution in [2.75, 3.05) is 0 Å². The van der Waals surface area contributed by atoms with E-state index in [-0.39, 0.29) is 23.9 Å².